The predicted molar refractivity (Wildman–Crippen MR) is 51.5 cm³/mol. The van der Waals surface area contributed by atoms with E-state index in [9.17, 15) is 18.0 Å². The molecule has 0 saturated heterocycles. The minimum Gasteiger partial charge on any atom is -0.295 e. The van der Waals surface area contributed by atoms with Crippen molar-refractivity contribution in [3.8, 4) is 0 Å². The SMILES string of the molecule is O=C(C=C1CCCCC1)CCC(F)(F)F. The summed E-state index contributed by atoms with van der Waals surface area (Å²) in [4.78, 5) is 11.2. The number of hydrogen-bond donors (Lipinski definition) is 0. The monoisotopic (exact) mass is 220 g/mol. The van der Waals surface area contributed by atoms with Crippen LogP contribution < -0.4 is 0 Å². The first kappa shape index (κ1) is 12.3. The maximum atomic E-state index is 11.8. The number of rotatable bonds is 3. The van der Waals surface area contributed by atoms with Crippen LogP contribution in [0.4, 0.5) is 13.2 Å². The molecule has 0 aromatic carbocycles. The molecule has 15 heavy (non-hydrogen) atoms. The molecule has 0 radical (unpaired) electrons. The maximum Gasteiger partial charge on any atom is 0.389 e. The zero-order valence-corrected chi connectivity index (χ0v) is 8.57. The first-order valence-corrected chi connectivity index (χ1v) is 5.26. The van der Waals surface area contributed by atoms with Crippen molar-refractivity contribution in [1.82, 2.24) is 0 Å². The molecule has 1 nitrogen and oxygen atoms in total. The highest BCUT2D eigenvalue weighted by molar-refractivity contribution is 5.90. The van der Waals surface area contributed by atoms with Crippen LogP contribution in [0.2, 0.25) is 0 Å². The number of ketones is 1. The van der Waals surface area contributed by atoms with Gasteiger partial charge in [-0.25, -0.2) is 0 Å². The zero-order chi connectivity index (χ0) is 11.3. The Kier molecular flexibility index (Phi) is 4.36. The van der Waals surface area contributed by atoms with Gasteiger partial charge in [0.05, 0.1) is 6.42 Å². The van der Waals surface area contributed by atoms with Crippen molar-refractivity contribution < 1.29 is 18.0 Å². The van der Waals surface area contributed by atoms with Crippen molar-refractivity contribution in [1.29, 1.82) is 0 Å². The Bertz CT molecular complexity index is 245. The summed E-state index contributed by atoms with van der Waals surface area (Å²) >= 11 is 0. The lowest BCUT2D eigenvalue weighted by atomic mass is 9.93. The number of hydrogen-bond acceptors (Lipinski definition) is 1. The Morgan fingerprint density at radius 1 is 1.20 bits per heavy atom. The van der Waals surface area contributed by atoms with E-state index >= 15 is 0 Å². The Balaban J connectivity index is 2.34. The van der Waals surface area contributed by atoms with Crippen LogP contribution in [0, 0.1) is 0 Å². The van der Waals surface area contributed by atoms with E-state index < -0.39 is 19.0 Å². The largest absolute Gasteiger partial charge is 0.389 e. The average Bonchev–Trinajstić information content (AvgIpc) is 2.15. The van der Waals surface area contributed by atoms with Gasteiger partial charge in [0.1, 0.15) is 0 Å². The minimum atomic E-state index is -4.22. The molecule has 0 aromatic rings. The highest BCUT2D eigenvalue weighted by Gasteiger charge is 2.27. The molecule has 0 aromatic heterocycles. The van der Waals surface area contributed by atoms with Gasteiger partial charge in [-0.3, -0.25) is 4.79 Å². The summed E-state index contributed by atoms with van der Waals surface area (Å²) in [7, 11) is 0. The van der Waals surface area contributed by atoms with Crippen molar-refractivity contribution >= 4 is 5.78 Å². The number of halogens is 3. The van der Waals surface area contributed by atoms with Crippen LogP contribution in [0.3, 0.4) is 0 Å². The molecular formula is C11H15F3O. The van der Waals surface area contributed by atoms with Crippen LogP contribution >= 0.6 is 0 Å². The molecule has 4 heteroatoms. The highest BCUT2D eigenvalue weighted by Crippen LogP contribution is 2.24. The molecular weight excluding hydrogens is 205 g/mol. The summed E-state index contributed by atoms with van der Waals surface area (Å²) in [5.41, 5.74) is 1.02. The summed E-state index contributed by atoms with van der Waals surface area (Å²) < 4.78 is 35.5. The third-order valence-corrected chi connectivity index (χ3v) is 2.52. The van der Waals surface area contributed by atoms with Gasteiger partial charge < -0.3 is 0 Å². The molecule has 1 fully saturated rings. The first-order valence-electron chi connectivity index (χ1n) is 5.26. The smallest absolute Gasteiger partial charge is 0.295 e. The van der Waals surface area contributed by atoms with Gasteiger partial charge in [-0.2, -0.15) is 13.2 Å². The summed E-state index contributed by atoms with van der Waals surface area (Å²) in [6.45, 7) is 0. The van der Waals surface area contributed by atoms with Crippen LogP contribution in [0.15, 0.2) is 11.6 Å². The molecule has 1 aliphatic rings. The average molecular weight is 220 g/mol. The van der Waals surface area contributed by atoms with E-state index in [-0.39, 0.29) is 5.78 Å². The number of carbonyl (C=O) groups excluding carboxylic acids is 1. The molecule has 1 rings (SSSR count). The fourth-order valence-corrected chi connectivity index (χ4v) is 1.72. The third kappa shape index (κ3) is 5.60. The third-order valence-electron chi connectivity index (χ3n) is 2.52. The molecule has 0 bridgehead atoms. The Labute approximate surface area is 87.4 Å². The van der Waals surface area contributed by atoms with Gasteiger partial charge >= 0.3 is 6.18 Å². The van der Waals surface area contributed by atoms with Crippen molar-refractivity contribution in [2.45, 2.75) is 51.1 Å². The summed E-state index contributed by atoms with van der Waals surface area (Å²) in [5.74, 6) is -0.385. The second-order valence-electron chi connectivity index (χ2n) is 3.94. The topological polar surface area (TPSA) is 17.1 Å². The van der Waals surface area contributed by atoms with E-state index in [1.54, 1.807) is 0 Å². The van der Waals surface area contributed by atoms with Crippen LogP contribution in [0.25, 0.3) is 0 Å². The van der Waals surface area contributed by atoms with E-state index in [0.29, 0.717) is 0 Å². The van der Waals surface area contributed by atoms with E-state index in [2.05, 4.69) is 0 Å². The normalized spacial score (nSPS) is 17.7. The molecule has 0 amide bonds. The molecule has 0 aliphatic heterocycles. The molecule has 0 heterocycles. The zero-order valence-electron chi connectivity index (χ0n) is 8.57. The number of allylic oxidation sites excluding steroid dienone is 2. The van der Waals surface area contributed by atoms with Crippen molar-refractivity contribution in [2.24, 2.45) is 0 Å². The van der Waals surface area contributed by atoms with Gasteiger partial charge in [0.15, 0.2) is 5.78 Å². The van der Waals surface area contributed by atoms with E-state index in [4.69, 9.17) is 0 Å². The number of alkyl halides is 3. The van der Waals surface area contributed by atoms with Crippen LogP contribution in [-0.4, -0.2) is 12.0 Å². The summed E-state index contributed by atoms with van der Waals surface area (Å²) in [6, 6.07) is 0. The summed E-state index contributed by atoms with van der Waals surface area (Å²) in [5, 5.41) is 0. The van der Waals surface area contributed by atoms with Crippen molar-refractivity contribution in [3.63, 3.8) is 0 Å². The van der Waals surface area contributed by atoms with Gasteiger partial charge in [0, 0.05) is 6.42 Å². The predicted octanol–water partition coefficient (Wildman–Crippen LogP) is 3.79. The molecule has 0 N–H and O–H groups in total. The van der Waals surface area contributed by atoms with Gasteiger partial charge in [-0.1, -0.05) is 12.0 Å². The van der Waals surface area contributed by atoms with Crippen LogP contribution in [-0.2, 0) is 4.79 Å². The lowest BCUT2D eigenvalue weighted by Gasteiger charge is -2.13. The van der Waals surface area contributed by atoms with E-state index in [1.165, 1.54) is 6.08 Å². The Morgan fingerprint density at radius 3 is 2.33 bits per heavy atom. The second kappa shape index (κ2) is 5.33. The van der Waals surface area contributed by atoms with Gasteiger partial charge in [0.25, 0.3) is 0 Å². The van der Waals surface area contributed by atoms with E-state index in [0.717, 1.165) is 37.7 Å². The van der Waals surface area contributed by atoms with Crippen LogP contribution in [0.5, 0.6) is 0 Å². The lowest BCUT2D eigenvalue weighted by molar-refractivity contribution is -0.141. The van der Waals surface area contributed by atoms with E-state index in [1.807, 2.05) is 0 Å². The minimum absolute atomic E-state index is 0.385. The molecule has 1 saturated carbocycles. The van der Waals surface area contributed by atoms with Crippen LogP contribution in [0.1, 0.15) is 44.9 Å². The van der Waals surface area contributed by atoms with Gasteiger partial charge in [-0.15, -0.1) is 0 Å². The van der Waals surface area contributed by atoms with Gasteiger partial charge in [-0.05, 0) is 31.8 Å². The van der Waals surface area contributed by atoms with Gasteiger partial charge in [0.2, 0.25) is 0 Å². The first-order chi connectivity index (χ1) is 6.97. The Hall–Kier alpha value is -0.800. The Morgan fingerprint density at radius 2 is 1.80 bits per heavy atom. The fraction of sp³-hybridized carbons (Fsp3) is 0.727. The molecule has 1 aliphatic carbocycles. The quantitative estimate of drug-likeness (QED) is 0.661. The van der Waals surface area contributed by atoms with Crippen molar-refractivity contribution in [3.05, 3.63) is 11.6 Å². The highest BCUT2D eigenvalue weighted by atomic mass is 19.4. The maximum absolute atomic E-state index is 11.8. The standard InChI is InChI=1S/C11H15F3O/c12-11(13,14)7-6-10(15)8-9-4-2-1-3-5-9/h8H,1-7H2. The summed E-state index contributed by atoms with van der Waals surface area (Å²) in [6.07, 6.45) is 0.800. The number of carbonyl (C=O) groups is 1. The molecule has 0 spiro atoms. The molecule has 0 unspecified atom stereocenters. The van der Waals surface area contributed by atoms with Crippen molar-refractivity contribution in [2.75, 3.05) is 0 Å². The second-order valence-corrected chi connectivity index (χ2v) is 3.94. The fourth-order valence-electron chi connectivity index (χ4n) is 1.72. The molecule has 0 atom stereocenters. The molecule has 86 valence electrons. The lowest BCUT2D eigenvalue weighted by Crippen LogP contribution is -2.10.